The van der Waals surface area contributed by atoms with Crippen LogP contribution in [0.5, 0.6) is 5.75 Å². The van der Waals surface area contributed by atoms with Gasteiger partial charge in [0.25, 0.3) is 5.91 Å². The zero-order valence-electron chi connectivity index (χ0n) is 17.2. The van der Waals surface area contributed by atoms with Gasteiger partial charge in [-0.3, -0.25) is 14.4 Å². The Morgan fingerprint density at radius 2 is 1.77 bits per heavy atom. The van der Waals surface area contributed by atoms with Gasteiger partial charge in [-0.15, -0.1) is 0 Å². The van der Waals surface area contributed by atoms with Crippen molar-refractivity contribution in [2.45, 2.75) is 26.9 Å². The van der Waals surface area contributed by atoms with E-state index in [1.54, 1.807) is 31.2 Å². The number of hydrogen-bond donors (Lipinski definition) is 2. The molecule has 30 heavy (non-hydrogen) atoms. The van der Waals surface area contributed by atoms with Crippen molar-refractivity contribution < 1.29 is 23.9 Å². The van der Waals surface area contributed by atoms with Gasteiger partial charge in [-0.1, -0.05) is 18.2 Å². The molecule has 0 aliphatic rings. The summed E-state index contributed by atoms with van der Waals surface area (Å²) < 4.78 is 10.6. The number of ketones is 1. The number of Topliss-reactive ketones (excluding diaryl/α,β-unsaturated/α-hetero) is 1. The van der Waals surface area contributed by atoms with Crippen molar-refractivity contribution in [2.24, 2.45) is 0 Å². The van der Waals surface area contributed by atoms with Crippen molar-refractivity contribution in [1.82, 2.24) is 10.3 Å². The average molecular weight is 408 g/mol. The normalized spacial score (nSPS) is 11.7. The molecule has 0 aliphatic carbocycles. The van der Waals surface area contributed by atoms with Crippen LogP contribution in [0.2, 0.25) is 0 Å². The standard InChI is InChI=1S/C23H24N2O5/c1-4-29-17-11-9-16(10-12-17)23(28)24-13-20(26)30-15(3)22(27)21-14(2)25-19-8-6-5-7-18(19)21/h5-12,15,25H,4,13H2,1-3H3,(H,24,28). The second-order valence-electron chi connectivity index (χ2n) is 6.81. The molecule has 0 aliphatic heterocycles. The zero-order chi connectivity index (χ0) is 21.7. The lowest BCUT2D eigenvalue weighted by Gasteiger charge is -2.13. The van der Waals surface area contributed by atoms with Crippen molar-refractivity contribution in [3.63, 3.8) is 0 Å². The third-order valence-electron chi connectivity index (χ3n) is 4.64. The number of carbonyl (C=O) groups excluding carboxylic acids is 3. The highest BCUT2D eigenvalue weighted by molar-refractivity contribution is 6.11. The summed E-state index contributed by atoms with van der Waals surface area (Å²) in [5, 5.41) is 3.28. The van der Waals surface area contributed by atoms with Gasteiger partial charge in [-0.05, 0) is 51.1 Å². The van der Waals surface area contributed by atoms with E-state index in [1.165, 1.54) is 6.92 Å². The van der Waals surface area contributed by atoms with Crippen molar-refractivity contribution in [3.05, 3.63) is 65.4 Å². The van der Waals surface area contributed by atoms with Gasteiger partial charge < -0.3 is 19.8 Å². The van der Waals surface area contributed by atoms with Gasteiger partial charge in [0.1, 0.15) is 12.3 Å². The maximum absolute atomic E-state index is 12.8. The number of rotatable bonds is 8. The Bertz CT molecular complexity index is 1070. The van der Waals surface area contributed by atoms with E-state index in [1.807, 2.05) is 31.2 Å². The number of aromatic nitrogens is 1. The van der Waals surface area contributed by atoms with E-state index >= 15 is 0 Å². The van der Waals surface area contributed by atoms with Gasteiger partial charge in [0.15, 0.2) is 6.10 Å². The molecule has 2 N–H and O–H groups in total. The molecule has 0 saturated carbocycles. The number of esters is 1. The number of nitrogens with one attached hydrogen (secondary N) is 2. The molecule has 0 spiro atoms. The molecule has 2 aromatic carbocycles. The number of hydrogen-bond acceptors (Lipinski definition) is 5. The zero-order valence-corrected chi connectivity index (χ0v) is 17.2. The molecule has 1 unspecified atom stereocenters. The topological polar surface area (TPSA) is 97.5 Å². The first kappa shape index (κ1) is 21.1. The highest BCUT2D eigenvalue weighted by Gasteiger charge is 2.24. The van der Waals surface area contributed by atoms with Gasteiger partial charge in [-0.2, -0.15) is 0 Å². The molecule has 1 amide bonds. The fourth-order valence-electron chi connectivity index (χ4n) is 3.21. The number of benzene rings is 2. The van der Waals surface area contributed by atoms with E-state index < -0.39 is 18.0 Å². The van der Waals surface area contributed by atoms with Crippen LogP contribution >= 0.6 is 0 Å². The van der Waals surface area contributed by atoms with Crippen LogP contribution in [0.15, 0.2) is 48.5 Å². The minimum absolute atomic E-state index is 0.295. The fraction of sp³-hybridized carbons (Fsp3) is 0.261. The lowest BCUT2D eigenvalue weighted by Crippen LogP contribution is -2.34. The predicted octanol–water partition coefficient (Wildman–Crippen LogP) is 3.42. The molecule has 7 heteroatoms. The van der Waals surface area contributed by atoms with Crippen LogP contribution in [0.3, 0.4) is 0 Å². The molecule has 3 rings (SSSR count). The largest absolute Gasteiger partial charge is 0.494 e. The molecule has 0 bridgehead atoms. The number of para-hydroxylation sites is 1. The monoisotopic (exact) mass is 408 g/mol. The van der Waals surface area contributed by atoms with Crippen molar-refractivity contribution in [3.8, 4) is 5.75 Å². The number of aryl methyl sites for hydroxylation is 1. The van der Waals surface area contributed by atoms with Crippen molar-refractivity contribution in [1.29, 1.82) is 0 Å². The Kier molecular flexibility index (Phi) is 6.51. The van der Waals surface area contributed by atoms with Gasteiger partial charge >= 0.3 is 5.97 Å². The Morgan fingerprint density at radius 3 is 2.47 bits per heavy atom. The first-order valence-electron chi connectivity index (χ1n) is 9.72. The number of carbonyl (C=O) groups is 3. The van der Waals surface area contributed by atoms with Crippen LogP contribution < -0.4 is 10.1 Å². The minimum atomic E-state index is -0.974. The summed E-state index contributed by atoms with van der Waals surface area (Å²) in [6, 6.07) is 14.0. The van der Waals surface area contributed by atoms with Crippen molar-refractivity contribution >= 4 is 28.6 Å². The first-order valence-corrected chi connectivity index (χ1v) is 9.72. The van der Waals surface area contributed by atoms with Crippen LogP contribution in [-0.2, 0) is 9.53 Å². The van der Waals surface area contributed by atoms with Crippen LogP contribution in [0.25, 0.3) is 10.9 Å². The van der Waals surface area contributed by atoms with E-state index in [2.05, 4.69) is 10.3 Å². The van der Waals surface area contributed by atoms with E-state index in [0.717, 1.165) is 10.9 Å². The SMILES string of the molecule is CCOc1ccc(C(=O)NCC(=O)OC(C)C(=O)c2c(C)[nH]c3ccccc23)cc1. The van der Waals surface area contributed by atoms with Crippen molar-refractivity contribution in [2.75, 3.05) is 13.2 Å². The second kappa shape index (κ2) is 9.26. The molecular weight excluding hydrogens is 384 g/mol. The molecule has 0 fully saturated rings. The summed E-state index contributed by atoms with van der Waals surface area (Å²) >= 11 is 0. The first-order chi connectivity index (χ1) is 14.4. The molecule has 7 nitrogen and oxygen atoms in total. The second-order valence-corrected chi connectivity index (χ2v) is 6.81. The van der Waals surface area contributed by atoms with Gasteiger partial charge in [0, 0.05) is 27.7 Å². The smallest absolute Gasteiger partial charge is 0.326 e. The number of aromatic amines is 1. The number of ether oxygens (including phenoxy) is 2. The number of fused-ring (bicyclic) bond motifs is 1. The van der Waals surface area contributed by atoms with Crippen LogP contribution in [0.4, 0.5) is 0 Å². The maximum Gasteiger partial charge on any atom is 0.326 e. The highest BCUT2D eigenvalue weighted by atomic mass is 16.5. The summed E-state index contributed by atoms with van der Waals surface area (Å²) in [7, 11) is 0. The van der Waals surface area contributed by atoms with E-state index in [-0.39, 0.29) is 12.3 Å². The molecule has 1 heterocycles. The lowest BCUT2D eigenvalue weighted by molar-refractivity contribution is -0.145. The third-order valence-corrected chi connectivity index (χ3v) is 4.64. The average Bonchev–Trinajstić information content (AvgIpc) is 3.07. The van der Waals surface area contributed by atoms with E-state index in [0.29, 0.717) is 29.2 Å². The van der Waals surface area contributed by atoms with Gasteiger partial charge in [0.05, 0.1) is 6.61 Å². The minimum Gasteiger partial charge on any atom is -0.494 e. The molecule has 1 aromatic heterocycles. The molecule has 3 aromatic rings. The molecule has 1 atom stereocenters. The Morgan fingerprint density at radius 1 is 1.07 bits per heavy atom. The van der Waals surface area contributed by atoms with E-state index in [4.69, 9.17) is 9.47 Å². The summed E-state index contributed by atoms with van der Waals surface area (Å²) in [6.07, 6.45) is -0.974. The highest BCUT2D eigenvalue weighted by Crippen LogP contribution is 2.23. The van der Waals surface area contributed by atoms with Gasteiger partial charge in [0.2, 0.25) is 5.78 Å². The van der Waals surface area contributed by atoms with Gasteiger partial charge in [-0.25, -0.2) is 0 Å². The molecular formula is C23H24N2O5. The summed E-state index contributed by atoms with van der Waals surface area (Å²) in [4.78, 5) is 40.3. The third kappa shape index (κ3) is 4.68. The Hall–Kier alpha value is -3.61. The number of amides is 1. The fourth-order valence-corrected chi connectivity index (χ4v) is 3.21. The van der Waals surface area contributed by atoms with Crippen LogP contribution in [0.1, 0.15) is 40.3 Å². The van der Waals surface area contributed by atoms with Crippen LogP contribution in [-0.4, -0.2) is 41.9 Å². The van der Waals surface area contributed by atoms with Crippen LogP contribution in [0, 0.1) is 6.92 Å². The number of H-pyrrole nitrogens is 1. The summed E-state index contributed by atoms with van der Waals surface area (Å²) in [5.74, 6) is -0.737. The maximum atomic E-state index is 12.8. The van der Waals surface area contributed by atoms with E-state index in [9.17, 15) is 14.4 Å². The molecule has 0 radical (unpaired) electrons. The Labute approximate surface area is 174 Å². The quantitative estimate of drug-likeness (QED) is 0.440. The predicted molar refractivity (Wildman–Crippen MR) is 113 cm³/mol. The molecule has 156 valence electrons. The molecule has 0 saturated heterocycles. The summed E-state index contributed by atoms with van der Waals surface area (Å²) in [6.45, 7) is 5.40. The lowest BCUT2D eigenvalue weighted by atomic mass is 10.0. The summed E-state index contributed by atoms with van der Waals surface area (Å²) in [5.41, 5.74) is 2.46. The Balaban J connectivity index is 1.57.